The Morgan fingerprint density at radius 2 is 2.27 bits per heavy atom. The zero-order valence-electron chi connectivity index (χ0n) is 7.93. The van der Waals surface area contributed by atoms with E-state index in [0.717, 1.165) is 12.5 Å². The largest absolute Gasteiger partial charge is 0.305 e. The van der Waals surface area contributed by atoms with Crippen molar-refractivity contribution < 1.29 is 0 Å². The fraction of sp³-hybridized carbons (Fsp3) is 0.800. The molecule has 1 aliphatic carbocycles. The first-order chi connectivity index (χ1) is 5.18. The molecule has 1 unspecified atom stereocenters. The molecule has 1 nitrogen and oxygen atoms in total. The molecule has 64 valence electrons. The minimum atomic E-state index is 0.918. The highest BCUT2D eigenvalue weighted by atomic mass is 15.0. The topological polar surface area (TPSA) is 3.24 Å². The van der Waals surface area contributed by atoms with Gasteiger partial charge in [-0.3, -0.25) is 0 Å². The molecule has 0 aromatic rings. The summed E-state index contributed by atoms with van der Waals surface area (Å²) < 4.78 is 0. The molecular formula is C10H19N. The van der Waals surface area contributed by atoms with Crippen LogP contribution in [0.2, 0.25) is 0 Å². The van der Waals surface area contributed by atoms with Crippen molar-refractivity contribution in [2.75, 3.05) is 20.6 Å². The van der Waals surface area contributed by atoms with Crippen LogP contribution >= 0.6 is 0 Å². The predicted octanol–water partition coefficient (Wildman–Crippen LogP) is 2.29. The van der Waals surface area contributed by atoms with Crippen molar-refractivity contribution in [2.45, 2.75) is 26.2 Å². The van der Waals surface area contributed by atoms with Crippen molar-refractivity contribution >= 4 is 0 Å². The predicted molar refractivity (Wildman–Crippen MR) is 49.7 cm³/mol. The monoisotopic (exact) mass is 153 g/mol. The molecule has 0 aromatic heterocycles. The number of rotatable bonds is 2. The zero-order chi connectivity index (χ0) is 8.27. The van der Waals surface area contributed by atoms with Gasteiger partial charge >= 0.3 is 0 Å². The number of hydrogen-bond donors (Lipinski definition) is 0. The SMILES string of the molecule is CC1CC=C(CN(C)C)CC1. The van der Waals surface area contributed by atoms with E-state index in [1.165, 1.54) is 19.3 Å². The van der Waals surface area contributed by atoms with Crippen LogP contribution in [0.4, 0.5) is 0 Å². The second-order valence-corrected chi connectivity index (χ2v) is 3.98. The van der Waals surface area contributed by atoms with Gasteiger partial charge in [0.25, 0.3) is 0 Å². The van der Waals surface area contributed by atoms with E-state index in [1.54, 1.807) is 5.57 Å². The number of nitrogens with zero attached hydrogens (tertiary/aromatic N) is 1. The molecule has 11 heavy (non-hydrogen) atoms. The van der Waals surface area contributed by atoms with Crippen LogP contribution in [0.5, 0.6) is 0 Å². The molecule has 0 amide bonds. The molecule has 1 atom stereocenters. The summed E-state index contributed by atoms with van der Waals surface area (Å²) in [5, 5.41) is 0. The van der Waals surface area contributed by atoms with Gasteiger partial charge in [0.05, 0.1) is 0 Å². The lowest BCUT2D eigenvalue weighted by molar-refractivity contribution is 0.418. The number of hydrogen-bond acceptors (Lipinski definition) is 1. The molecular weight excluding hydrogens is 134 g/mol. The maximum Gasteiger partial charge on any atom is 0.0186 e. The van der Waals surface area contributed by atoms with Gasteiger partial charge in [-0.05, 0) is 39.3 Å². The van der Waals surface area contributed by atoms with Crippen molar-refractivity contribution in [1.29, 1.82) is 0 Å². The van der Waals surface area contributed by atoms with Crippen LogP contribution < -0.4 is 0 Å². The summed E-state index contributed by atoms with van der Waals surface area (Å²) >= 11 is 0. The van der Waals surface area contributed by atoms with Gasteiger partial charge < -0.3 is 4.90 Å². The van der Waals surface area contributed by atoms with Crippen molar-refractivity contribution in [3.05, 3.63) is 11.6 Å². The van der Waals surface area contributed by atoms with Crippen LogP contribution in [-0.4, -0.2) is 25.5 Å². The Labute approximate surface area is 70.1 Å². The Balaban J connectivity index is 2.35. The molecule has 0 bridgehead atoms. The Kier molecular flexibility index (Phi) is 3.13. The van der Waals surface area contributed by atoms with Gasteiger partial charge in [0, 0.05) is 6.54 Å². The molecule has 0 saturated heterocycles. The van der Waals surface area contributed by atoms with Crippen LogP contribution in [-0.2, 0) is 0 Å². The molecule has 0 radical (unpaired) electrons. The summed E-state index contributed by atoms with van der Waals surface area (Å²) in [5.74, 6) is 0.918. The smallest absolute Gasteiger partial charge is 0.0186 e. The second-order valence-electron chi connectivity index (χ2n) is 3.98. The van der Waals surface area contributed by atoms with Gasteiger partial charge in [0.1, 0.15) is 0 Å². The third-order valence-electron chi connectivity index (χ3n) is 2.29. The first-order valence-electron chi connectivity index (χ1n) is 4.51. The molecule has 0 saturated carbocycles. The zero-order valence-corrected chi connectivity index (χ0v) is 7.93. The van der Waals surface area contributed by atoms with Crippen LogP contribution in [0.3, 0.4) is 0 Å². The van der Waals surface area contributed by atoms with Crippen LogP contribution in [0.15, 0.2) is 11.6 Å². The fourth-order valence-electron chi connectivity index (χ4n) is 1.57. The summed E-state index contributed by atoms with van der Waals surface area (Å²) in [5.41, 5.74) is 1.63. The van der Waals surface area contributed by atoms with Crippen LogP contribution in [0.1, 0.15) is 26.2 Å². The average Bonchev–Trinajstić information content (AvgIpc) is 1.93. The van der Waals surface area contributed by atoms with E-state index >= 15 is 0 Å². The summed E-state index contributed by atoms with van der Waals surface area (Å²) in [4.78, 5) is 2.25. The average molecular weight is 153 g/mol. The van der Waals surface area contributed by atoms with E-state index in [9.17, 15) is 0 Å². The van der Waals surface area contributed by atoms with Crippen molar-refractivity contribution in [1.82, 2.24) is 4.90 Å². The molecule has 0 fully saturated rings. The Bertz CT molecular complexity index is 147. The molecule has 0 aliphatic heterocycles. The summed E-state index contributed by atoms with van der Waals surface area (Å²) in [6, 6.07) is 0. The van der Waals surface area contributed by atoms with Crippen molar-refractivity contribution in [3.63, 3.8) is 0 Å². The van der Waals surface area contributed by atoms with Crippen molar-refractivity contribution in [3.8, 4) is 0 Å². The molecule has 1 aliphatic rings. The van der Waals surface area contributed by atoms with Gasteiger partial charge in [0.15, 0.2) is 0 Å². The van der Waals surface area contributed by atoms with Gasteiger partial charge in [-0.15, -0.1) is 0 Å². The highest BCUT2D eigenvalue weighted by Gasteiger charge is 2.09. The summed E-state index contributed by atoms with van der Waals surface area (Å²) in [6.07, 6.45) is 6.43. The van der Waals surface area contributed by atoms with Crippen LogP contribution in [0, 0.1) is 5.92 Å². The normalized spacial score (nSPS) is 25.5. The van der Waals surface area contributed by atoms with Gasteiger partial charge in [0.2, 0.25) is 0 Å². The minimum absolute atomic E-state index is 0.918. The molecule has 0 aromatic carbocycles. The number of allylic oxidation sites excluding steroid dienone is 1. The lowest BCUT2D eigenvalue weighted by atomic mass is 9.91. The van der Waals surface area contributed by atoms with E-state index < -0.39 is 0 Å². The highest BCUT2D eigenvalue weighted by molar-refractivity contribution is 5.07. The van der Waals surface area contributed by atoms with Crippen molar-refractivity contribution in [2.24, 2.45) is 5.92 Å². The van der Waals surface area contributed by atoms with Gasteiger partial charge in [-0.2, -0.15) is 0 Å². The summed E-state index contributed by atoms with van der Waals surface area (Å²) in [7, 11) is 4.28. The maximum absolute atomic E-state index is 2.42. The van der Waals surface area contributed by atoms with Crippen LogP contribution in [0.25, 0.3) is 0 Å². The van der Waals surface area contributed by atoms with E-state index in [-0.39, 0.29) is 0 Å². The first kappa shape index (κ1) is 8.79. The summed E-state index contributed by atoms with van der Waals surface area (Å²) in [6.45, 7) is 3.50. The molecule has 1 rings (SSSR count). The standard InChI is InChI=1S/C10H19N/c1-9-4-6-10(7-5-9)8-11(2)3/h6,9H,4-5,7-8H2,1-3H3. The Hall–Kier alpha value is -0.300. The van der Waals surface area contributed by atoms with E-state index in [1.807, 2.05) is 0 Å². The Morgan fingerprint density at radius 1 is 1.55 bits per heavy atom. The van der Waals surface area contributed by atoms with E-state index in [4.69, 9.17) is 0 Å². The molecule has 0 spiro atoms. The number of likely N-dealkylation sites (N-methyl/N-ethyl adjacent to an activating group) is 1. The lowest BCUT2D eigenvalue weighted by Crippen LogP contribution is -2.17. The highest BCUT2D eigenvalue weighted by Crippen LogP contribution is 2.22. The van der Waals surface area contributed by atoms with Gasteiger partial charge in [-0.1, -0.05) is 18.6 Å². The fourth-order valence-corrected chi connectivity index (χ4v) is 1.57. The molecule has 0 N–H and O–H groups in total. The Morgan fingerprint density at radius 3 is 2.73 bits per heavy atom. The first-order valence-corrected chi connectivity index (χ1v) is 4.51. The molecule has 0 heterocycles. The lowest BCUT2D eigenvalue weighted by Gasteiger charge is -2.20. The maximum atomic E-state index is 2.42. The quantitative estimate of drug-likeness (QED) is 0.550. The van der Waals surface area contributed by atoms with E-state index in [0.29, 0.717) is 0 Å². The minimum Gasteiger partial charge on any atom is -0.305 e. The second kappa shape index (κ2) is 3.91. The third kappa shape index (κ3) is 3.06. The molecule has 1 heteroatoms. The van der Waals surface area contributed by atoms with E-state index in [2.05, 4.69) is 32.0 Å². The third-order valence-corrected chi connectivity index (χ3v) is 2.29. The van der Waals surface area contributed by atoms with Gasteiger partial charge in [-0.25, -0.2) is 0 Å².